The van der Waals surface area contributed by atoms with E-state index in [1.807, 2.05) is 0 Å². The molecule has 80 valence electrons. The van der Waals surface area contributed by atoms with Crippen LogP contribution in [0.15, 0.2) is 24.3 Å². The average Bonchev–Trinajstić information content (AvgIpc) is 2.18. The van der Waals surface area contributed by atoms with Gasteiger partial charge >= 0.3 is 0 Å². The number of benzene rings is 1. The maximum absolute atomic E-state index is 10.5. The third-order valence-electron chi connectivity index (χ3n) is 1.60. The molecule has 0 radical (unpaired) electrons. The van der Waals surface area contributed by atoms with Crippen LogP contribution in [0.25, 0.3) is 0 Å². The highest BCUT2D eigenvalue weighted by molar-refractivity contribution is 7.80. The Morgan fingerprint density at radius 2 is 2.20 bits per heavy atom. The normalized spacial score (nSPS) is 9.47. The van der Waals surface area contributed by atoms with E-state index in [0.29, 0.717) is 5.75 Å². The average molecular weight is 226 g/mol. The summed E-state index contributed by atoms with van der Waals surface area (Å²) in [6.07, 6.45) is 0. The number of non-ortho nitro benzene ring substituents is 1. The largest absolute Gasteiger partial charge is 0.432 e. The number of nitrogens with zero attached hydrogens (tertiary/aromatic N) is 2. The van der Waals surface area contributed by atoms with Gasteiger partial charge in [-0.15, -0.1) is 0 Å². The lowest BCUT2D eigenvalue weighted by atomic mass is 10.3. The Labute approximate surface area is 92.4 Å². The molecular formula is C9H10N2O3S. The molecule has 0 heterocycles. The van der Waals surface area contributed by atoms with Crippen molar-refractivity contribution in [3.8, 4) is 5.75 Å². The van der Waals surface area contributed by atoms with Crippen molar-refractivity contribution in [1.29, 1.82) is 0 Å². The predicted octanol–water partition coefficient (Wildman–Crippen LogP) is 1.82. The topological polar surface area (TPSA) is 55.6 Å². The summed E-state index contributed by atoms with van der Waals surface area (Å²) in [7, 11) is 3.47. The molecule has 0 aliphatic heterocycles. The van der Waals surface area contributed by atoms with E-state index in [2.05, 4.69) is 0 Å². The van der Waals surface area contributed by atoms with Gasteiger partial charge in [0.25, 0.3) is 10.9 Å². The van der Waals surface area contributed by atoms with Gasteiger partial charge in [0.05, 0.1) is 11.0 Å². The van der Waals surface area contributed by atoms with E-state index in [1.54, 1.807) is 31.1 Å². The maximum Gasteiger partial charge on any atom is 0.273 e. The number of thiocarbonyl (C=S) groups is 1. The third kappa shape index (κ3) is 3.17. The predicted molar refractivity (Wildman–Crippen MR) is 60.0 cm³/mol. The fraction of sp³-hybridized carbons (Fsp3) is 0.222. The molecule has 0 aliphatic carbocycles. The summed E-state index contributed by atoms with van der Waals surface area (Å²) in [4.78, 5) is 11.6. The van der Waals surface area contributed by atoms with Gasteiger partial charge in [-0.25, -0.2) is 0 Å². The van der Waals surface area contributed by atoms with Crippen LogP contribution >= 0.6 is 12.2 Å². The molecule has 0 aliphatic rings. The first-order chi connectivity index (χ1) is 7.00. The van der Waals surface area contributed by atoms with Gasteiger partial charge in [0.15, 0.2) is 0 Å². The summed E-state index contributed by atoms with van der Waals surface area (Å²) in [5.41, 5.74) is -0.0194. The zero-order valence-electron chi connectivity index (χ0n) is 8.34. The van der Waals surface area contributed by atoms with Crippen LogP contribution in [0.4, 0.5) is 5.69 Å². The van der Waals surface area contributed by atoms with Gasteiger partial charge in [-0.05, 0) is 18.3 Å². The highest BCUT2D eigenvalue weighted by Gasteiger charge is 2.08. The van der Waals surface area contributed by atoms with Crippen molar-refractivity contribution in [2.75, 3.05) is 14.1 Å². The molecule has 0 fully saturated rings. The maximum atomic E-state index is 10.5. The molecule has 1 rings (SSSR count). The van der Waals surface area contributed by atoms with E-state index in [9.17, 15) is 10.1 Å². The number of hydrogen-bond donors (Lipinski definition) is 0. The summed E-state index contributed by atoms with van der Waals surface area (Å²) in [5, 5.41) is 10.7. The third-order valence-corrected chi connectivity index (χ3v) is 2.05. The lowest BCUT2D eigenvalue weighted by molar-refractivity contribution is -0.384. The standard InChI is InChI=1S/C9H10N2O3S/c1-10(2)9(15)14-8-5-3-4-7(6-8)11(12)13/h3-6H,1-2H3. The first-order valence-electron chi connectivity index (χ1n) is 4.14. The van der Waals surface area contributed by atoms with E-state index in [-0.39, 0.29) is 10.9 Å². The minimum Gasteiger partial charge on any atom is -0.432 e. The molecule has 0 aromatic heterocycles. The molecule has 1 aromatic carbocycles. The smallest absolute Gasteiger partial charge is 0.273 e. The number of hydrogen-bond acceptors (Lipinski definition) is 4. The fourth-order valence-corrected chi connectivity index (χ4v) is 0.949. The molecule has 0 spiro atoms. The zero-order chi connectivity index (χ0) is 11.4. The SMILES string of the molecule is CN(C)C(=S)Oc1cccc([N+](=O)[O-])c1. The minimum absolute atomic E-state index is 0.0194. The van der Waals surface area contributed by atoms with Crippen LogP contribution in [0, 0.1) is 10.1 Å². The van der Waals surface area contributed by atoms with Gasteiger partial charge in [0, 0.05) is 20.2 Å². The molecule has 0 saturated heterocycles. The van der Waals surface area contributed by atoms with Crippen LogP contribution < -0.4 is 4.74 Å². The van der Waals surface area contributed by atoms with Gasteiger partial charge in [-0.2, -0.15) is 0 Å². The molecule has 0 saturated carbocycles. The molecule has 6 heteroatoms. The van der Waals surface area contributed by atoms with Crippen molar-refractivity contribution < 1.29 is 9.66 Å². The number of ether oxygens (including phenoxy) is 1. The monoisotopic (exact) mass is 226 g/mol. The lowest BCUT2D eigenvalue weighted by Crippen LogP contribution is -2.24. The van der Waals surface area contributed by atoms with E-state index in [1.165, 1.54) is 12.1 Å². The van der Waals surface area contributed by atoms with Crippen LogP contribution in [0.3, 0.4) is 0 Å². The van der Waals surface area contributed by atoms with Crippen LogP contribution in [0.5, 0.6) is 5.75 Å². The van der Waals surface area contributed by atoms with Gasteiger partial charge in [0.2, 0.25) is 0 Å². The molecule has 15 heavy (non-hydrogen) atoms. The number of nitro benzene ring substituents is 1. The van der Waals surface area contributed by atoms with Crippen molar-refractivity contribution in [2.45, 2.75) is 0 Å². The van der Waals surface area contributed by atoms with E-state index in [0.717, 1.165) is 0 Å². The molecule has 5 nitrogen and oxygen atoms in total. The first-order valence-corrected chi connectivity index (χ1v) is 4.55. The Morgan fingerprint density at radius 3 is 2.73 bits per heavy atom. The molecule has 0 bridgehead atoms. The molecule has 0 unspecified atom stereocenters. The highest BCUT2D eigenvalue weighted by Crippen LogP contribution is 2.19. The quantitative estimate of drug-likeness (QED) is 0.437. The number of rotatable bonds is 2. The Bertz CT molecular complexity index is 393. The van der Waals surface area contributed by atoms with Gasteiger partial charge in [-0.3, -0.25) is 10.1 Å². The highest BCUT2D eigenvalue weighted by atomic mass is 32.1. The zero-order valence-corrected chi connectivity index (χ0v) is 9.15. The lowest BCUT2D eigenvalue weighted by Gasteiger charge is -2.13. The van der Waals surface area contributed by atoms with Gasteiger partial charge in [0.1, 0.15) is 5.75 Å². The minimum atomic E-state index is -0.481. The van der Waals surface area contributed by atoms with Crippen LogP contribution in [-0.4, -0.2) is 29.1 Å². The van der Waals surface area contributed by atoms with E-state index >= 15 is 0 Å². The van der Waals surface area contributed by atoms with Crippen molar-refractivity contribution in [3.63, 3.8) is 0 Å². The Hall–Kier alpha value is -1.69. The second-order valence-corrected chi connectivity index (χ2v) is 3.37. The van der Waals surface area contributed by atoms with Crippen molar-refractivity contribution >= 4 is 23.1 Å². The van der Waals surface area contributed by atoms with Crippen molar-refractivity contribution in [2.24, 2.45) is 0 Å². The molecule has 1 aromatic rings. The van der Waals surface area contributed by atoms with Crippen molar-refractivity contribution in [3.05, 3.63) is 34.4 Å². The second-order valence-electron chi connectivity index (χ2n) is 3.02. The Kier molecular flexibility index (Phi) is 3.56. The summed E-state index contributed by atoms with van der Waals surface area (Å²) in [6, 6.07) is 5.88. The van der Waals surface area contributed by atoms with Crippen LogP contribution in [-0.2, 0) is 0 Å². The van der Waals surface area contributed by atoms with E-state index in [4.69, 9.17) is 17.0 Å². The Morgan fingerprint density at radius 1 is 1.53 bits per heavy atom. The summed E-state index contributed by atoms with van der Waals surface area (Å²) in [6.45, 7) is 0. The van der Waals surface area contributed by atoms with Crippen molar-refractivity contribution in [1.82, 2.24) is 4.90 Å². The van der Waals surface area contributed by atoms with Crippen LogP contribution in [0.1, 0.15) is 0 Å². The second kappa shape index (κ2) is 4.70. The molecular weight excluding hydrogens is 216 g/mol. The van der Waals surface area contributed by atoms with Gasteiger partial charge in [-0.1, -0.05) is 6.07 Å². The van der Waals surface area contributed by atoms with Crippen LogP contribution in [0.2, 0.25) is 0 Å². The van der Waals surface area contributed by atoms with E-state index < -0.39 is 4.92 Å². The summed E-state index contributed by atoms with van der Waals surface area (Å²) < 4.78 is 5.22. The molecule has 0 amide bonds. The number of nitro groups is 1. The Balaban J connectivity index is 2.83. The molecule has 0 N–H and O–H groups in total. The fourth-order valence-electron chi connectivity index (χ4n) is 0.853. The molecule has 0 atom stereocenters. The summed E-state index contributed by atoms with van der Waals surface area (Å²) >= 11 is 4.90. The first kappa shape index (κ1) is 11.4. The van der Waals surface area contributed by atoms with Gasteiger partial charge < -0.3 is 9.64 Å². The summed E-state index contributed by atoms with van der Waals surface area (Å²) in [5.74, 6) is 0.364.